The van der Waals surface area contributed by atoms with Gasteiger partial charge in [-0.25, -0.2) is 9.97 Å². The minimum absolute atomic E-state index is 0.124. The fourth-order valence-electron chi connectivity index (χ4n) is 1.87. The van der Waals surface area contributed by atoms with Crippen molar-refractivity contribution in [2.45, 2.75) is 6.92 Å². The van der Waals surface area contributed by atoms with Crippen LogP contribution in [0.25, 0.3) is 0 Å². The molecule has 0 atom stereocenters. The zero-order chi connectivity index (χ0) is 15.4. The van der Waals surface area contributed by atoms with E-state index < -0.39 is 0 Å². The molecular formula is C16H13N3O2S. The number of aryl methyl sites for hydroxylation is 1. The van der Waals surface area contributed by atoms with Crippen LogP contribution in [-0.4, -0.2) is 15.9 Å². The highest BCUT2D eigenvalue weighted by molar-refractivity contribution is 7.12. The third-order valence-corrected chi connectivity index (χ3v) is 3.93. The number of benzene rings is 1. The molecule has 5 nitrogen and oxygen atoms in total. The van der Waals surface area contributed by atoms with Gasteiger partial charge in [0.05, 0.1) is 4.88 Å². The molecule has 0 saturated carbocycles. The Morgan fingerprint density at radius 3 is 2.73 bits per heavy atom. The maximum Gasteiger partial charge on any atom is 0.321 e. The second-order valence-electron chi connectivity index (χ2n) is 4.55. The lowest BCUT2D eigenvalue weighted by atomic mass is 10.2. The van der Waals surface area contributed by atoms with Gasteiger partial charge >= 0.3 is 6.01 Å². The summed E-state index contributed by atoms with van der Waals surface area (Å²) >= 11 is 1.42. The van der Waals surface area contributed by atoms with Crippen LogP contribution in [0.1, 0.15) is 15.2 Å². The summed E-state index contributed by atoms with van der Waals surface area (Å²) in [5, 5.41) is 4.76. The maximum atomic E-state index is 12.2. The molecule has 0 spiro atoms. The van der Waals surface area contributed by atoms with Gasteiger partial charge in [-0.05, 0) is 42.1 Å². The van der Waals surface area contributed by atoms with Crippen LogP contribution in [0.3, 0.4) is 0 Å². The first kappa shape index (κ1) is 14.2. The normalized spacial score (nSPS) is 10.2. The fraction of sp³-hybridized carbons (Fsp3) is 0.0625. The topological polar surface area (TPSA) is 64.1 Å². The number of nitrogens with one attached hydrogen (secondary N) is 1. The summed E-state index contributed by atoms with van der Waals surface area (Å²) in [6, 6.07) is 11.0. The van der Waals surface area contributed by atoms with Crippen LogP contribution in [0.15, 0.2) is 54.2 Å². The van der Waals surface area contributed by atoms with Crippen molar-refractivity contribution in [3.63, 3.8) is 0 Å². The Hall–Kier alpha value is -2.73. The van der Waals surface area contributed by atoms with Crippen LogP contribution in [0.2, 0.25) is 0 Å². The second kappa shape index (κ2) is 6.36. The Balaban J connectivity index is 1.74. The first-order chi connectivity index (χ1) is 10.7. The Labute approximate surface area is 131 Å². The largest absolute Gasteiger partial charge is 0.424 e. The van der Waals surface area contributed by atoms with E-state index in [0.29, 0.717) is 16.3 Å². The first-order valence-corrected chi connectivity index (χ1v) is 7.51. The van der Waals surface area contributed by atoms with E-state index in [1.165, 1.54) is 11.3 Å². The molecule has 1 amide bonds. The minimum atomic E-state index is -0.124. The van der Waals surface area contributed by atoms with Crippen molar-refractivity contribution >= 4 is 22.9 Å². The van der Waals surface area contributed by atoms with Crippen molar-refractivity contribution in [3.8, 4) is 11.8 Å². The van der Waals surface area contributed by atoms with Crippen molar-refractivity contribution in [3.05, 3.63) is 64.6 Å². The third kappa shape index (κ3) is 3.29. The summed E-state index contributed by atoms with van der Waals surface area (Å²) in [7, 11) is 0. The van der Waals surface area contributed by atoms with E-state index in [2.05, 4.69) is 15.3 Å². The molecule has 0 fully saturated rings. The molecule has 6 heteroatoms. The molecule has 1 aromatic carbocycles. The minimum Gasteiger partial charge on any atom is -0.424 e. The zero-order valence-corrected chi connectivity index (χ0v) is 12.6. The van der Waals surface area contributed by atoms with Crippen molar-refractivity contribution in [2.75, 3.05) is 5.32 Å². The lowest BCUT2D eigenvalue weighted by molar-refractivity contribution is 0.103. The highest BCUT2D eigenvalue weighted by Gasteiger charge is 2.11. The molecule has 0 bridgehead atoms. The molecule has 110 valence electrons. The maximum absolute atomic E-state index is 12.2. The van der Waals surface area contributed by atoms with Gasteiger partial charge < -0.3 is 10.1 Å². The van der Waals surface area contributed by atoms with Gasteiger partial charge in [-0.3, -0.25) is 4.79 Å². The summed E-state index contributed by atoms with van der Waals surface area (Å²) in [6.07, 6.45) is 3.21. The fourth-order valence-corrected chi connectivity index (χ4v) is 2.69. The average molecular weight is 311 g/mol. The first-order valence-electron chi connectivity index (χ1n) is 6.63. The van der Waals surface area contributed by atoms with E-state index in [0.717, 1.165) is 5.56 Å². The number of anilines is 1. The predicted octanol–water partition coefficient (Wildman–Crippen LogP) is 3.89. The van der Waals surface area contributed by atoms with Crippen LogP contribution in [0.4, 0.5) is 5.69 Å². The number of ether oxygens (including phenoxy) is 1. The lowest BCUT2D eigenvalue weighted by Crippen LogP contribution is -2.11. The molecule has 3 rings (SSSR count). The van der Waals surface area contributed by atoms with Crippen molar-refractivity contribution in [1.29, 1.82) is 0 Å². The van der Waals surface area contributed by atoms with Crippen LogP contribution in [-0.2, 0) is 0 Å². The van der Waals surface area contributed by atoms with Crippen molar-refractivity contribution in [1.82, 2.24) is 9.97 Å². The molecule has 2 heterocycles. The average Bonchev–Trinajstić information content (AvgIpc) is 2.95. The predicted molar refractivity (Wildman–Crippen MR) is 85.6 cm³/mol. The van der Waals surface area contributed by atoms with E-state index in [-0.39, 0.29) is 11.9 Å². The number of thiophene rings is 1. The van der Waals surface area contributed by atoms with Crippen LogP contribution in [0.5, 0.6) is 11.8 Å². The van der Waals surface area contributed by atoms with Gasteiger partial charge in [0.25, 0.3) is 5.91 Å². The van der Waals surface area contributed by atoms with E-state index in [1.807, 2.05) is 18.4 Å². The number of rotatable bonds is 4. The molecular weight excluding hydrogens is 298 g/mol. The smallest absolute Gasteiger partial charge is 0.321 e. The van der Waals surface area contributed by atoms with Crippen LogP contribution in [0, 0.1) is 6.92 Å². The highest BCUT2D eigenvalue weighted by Crippen LogP contribution is 2.23. The summed E-state index contributed by atoms with van der Waals surface area (Å²) in [4.78, 5) is 20.9. The summed E-state index contributed by atoms with van der Waals surface area (Å²) in [6.45, 7) is 1.91. The molecule has 0 aliphatic rings. The molecule has 0 unspecified atom stereocenters. The Morgan fingerprint density at radius 2 is 2.00 bits per heavy atom. The molecule has 0 aliphatic heterocycles. The van der Waals surface area contributed by atoms with Crippen molar-refractivity contribution in [2.24, 2.45) is 0 Å². The van der Waals surface area contributed by atoms with Crippen LogP contribution >= 0.6 is 11.3 Å². The number of hydrogen-bond donors (Lipinski definition) is 1. The van der Waals surface area contributed by atoms with E-state index in [1.54, 1.807) is 42.7 Å². The van der Waals surface area contributed by atoms with Gasteiger partial charge in [-0.2, -0.15) is 0 Å². The Morgan fingerprint density at radius 1 is 1.18 bits per heavy atom. The van der Waals surface area contributed by atoms with Gasteiger partial charge in [0.15, 0.2) is 0 Å². The standard InChI is InChI=1S/C16H13N3O2S/c1-11-6-9-22-14(11)15(20)19-12-4-2-5-13(10-12)21-16-17-7-3-8-18-16/h2-10H,1H3,(H,19,20). The van der Waals surface area contributed by atoms with E-state index in [4.69, 9.17) is 4.74 Å². The molecule has 0 radical (unpaired) electrons. The lowest BCUT2D eigenvalue weighted by Gasteiger charge is -2.07. The van der Waals surface area contributed by atoms with Gasteiger partial charge in [0.1, 0.15) is 5.75 Å². The number of aromatic nitrogens is 2. The number of carbonyl (C=O) groups excluding carboxylic acids is 1. The molecule has 1 N–H and O–H groups in total. The second-order valence-corrected chi connectivity index (χ2v) is 5.46. The molecule has 0 aliphatic carbocycles. The Kier molecular flexibility index (Phi) is 4.11. The quantitative estimate of drug-likeness (QED) is 0.794. The number of nitrogens with zero attached hydrogens (tertiary/aromatic N) is 2. The van der Waals surface area contributed by atoms with E-state index in [9.17, 15) is 4.79 Å². The third-order valence-electron chi connectivity index (χ3n) is 2.91. The molecule has 2 aromatic heterocycles. The number of hydrogen-bond acceptors (Lipinski definition) is 5. The highest BCUT2D eigenvalue weighted by atomic mass is 32.1. The summed E-state index contributed by atoms with van der Waals surface area (Å²) in [5.41, 5.74) is 1.62. The summed E-state index contributed by atoms with van der Waals surface area (Å²) in [5.74, 6) is 0.438. The van der Waals surface area contributed by atoms with Crippen LogP contribution < -0.4 is 10.1 Å². The molecule has 3 aromatic rings. The van der Waals surface area contributed by atoms with Gasteiger partial charge in [-0.1, -0.05) is 6.07 Å². The van der Waals surface area contributed by atoms with Gasteiger partial charge in [-0.15, -0.1) is 11.3 Å². The van der Waals surface area contributed by atoms with Gasteiger partial charge in [0.2, 0.25) is 0 Å². The van der Waals surface area contributed by atoms with Gasteiger partial charge in [0, 0.05) is 24.1 Å². The summed E-state index contributed by atoms with van der Waals surface area (Å²) < 4.78 is 5.54. The molecule has 0 saturated heterocycles. The zero-order valence-electron chi connectivity index (χ0n) is 11.8. The Bertz CT molecular complexity index is 787. The number of amides is 1. The molecule has 22 heavy (non-hydrogen) atoms. The monoisotopic (exact) mass is 311 g/mol. The SMILES string of the molecule is Cc1ccsc1C(=O)Nc1cccc(Oc2ncccn2)c1. The van der Waals surface area contributed by atoms with Crippen molar-refractivity contribution < 1.29 is 9.53 Å². The van der Waals surface area contributed by atoms with E-state index >= 15 is 0 Å². The number of carbonyl (C=O) groups is 1.